The van der Waals surface area contributed by atoms with Crippen molar-refractivity contribution < 1.29 is 33.2 Å². The Morgan fingerprint density at radius 3 is 2.73 bits per heavy atom. The molecule has 8 heteroatoms. The van der Waals surface area contributed by atoms with E-state index < -0.39 is 23.4 Å². The van der Waals surface area contributed by atoms with Crippen molar-refractivity contribution in [1.82, 2.24) is 0 Å². The molecule has 2 atom stereocenters. The number of aliphatic hydroxyl groups excluding tert-OH is 1. The Balaban J connectivity index is 1.81. The Kier molecular flexibility index (Phi) is 5.13. The van der Waals surface area contributed by atoms with E-state index in [1.54, 1.807) is 12.1 Å². The Bertz CT molecular complexity index is 1020. The Morgan fingerprint density at radius 1 is 1.30 bits per heavy atom. The van der Waals surface area contributed by atoms with E-state index in [9.17, 15) is 14.3 Å². The zero-order valence-electron chi connectivity index (χ0n) is 16.7. The van der Waals surface area contributed by atoms with Crippen LogP contribution in [0.15, 0.2) is 42.5 Å². The maximum Gasteiger partial charge on any atom is 0.266 e. The van der Waals surface area contributed by atoms with Crippen molar-refractivity contribution in [2.24, 2.45) is 0 Å². The zero-order chi connectivity index (χ0) is 21.5. The molecule has 2 aliphatic rings. The second-order valence-electron chi connectivity index (χ2n) is 7.36. The predicted octanol–water partition coefficient (Wildman–Crippen LogP) is 3.10. The zero-order valence-corrected chi connectivity index (χ0v) is 16.7. The number of fused-ring (bicyclic) bond motifs is 2. The molecule has 0 radical (unpaired) electrons. The number of hydrogen-bond acceptors (Lipinski definition) is 6. The molecule has 4 rings (SSSR count). The highest BCUT2D eigenvalue weighted by atomic mass is 19.1. The average Bonchev–Trinajstić information content (AvgIpc) is 3.25. The van der Waals surface area contributed by atoms with E-state index in [2.05, 4.69) is 11.9 Å². The van der Waals surface area contributed by atoms with Gasteiger partial charge in [-0.25, -0.2) is 4.39 Å². The number of hydrogen-bond donors (Lipinski definition) is 2. The lowest BCUT2D eigenvalue weighted by Crippen LogP contribution is -2.38. The summed E-state index contributed by atoms with van der Waals surface area (Å²) in [6.45, 7) is 5.60. The van der Waals surface area contributed by atoms with Gasteiger partial charge in [-0.2, -0.15) is 0 Å². The van der Waals surface area contributed by atoms with E-state index in [4.69, 9.17) is 18.9 Å². The molecule has 1 unspecified atom stereocenters. The first-order valence-electron chi connectivity index (χ1n) is 9.41. The molecule has 30 heavy (non-hydrogen) atoms. The first-order chi connectivity index (χ1) is 14.3. The highest BCUT2D eigenvalue weighted by molar-refractivity contribution is 6.08. The van der Waals surface area contributed by atoms with Crippen molar-refractivity contribution in [2.75, 3.05) is 25.8 Å². The van der Waals surface area contributed by atoms with Crippen LogP contribution in [-0.2, 0) is 15.1 Å². The molecule has 0 aromatic heterocycles. The SMILES string of the molecule is C=C(C)C[C@@H](O)COc1cc2c(cc1C1(OC)C(=O)Nc3cc(F)ccc31)OCO2. The van der Waals surface area contributed by atoms with Crippen LogP contribution in [0.1, 0.15) is 24.5 Å². The van der Waals surface area contributed by atoms with Crippen molar-refractivity contribution in [1.29, 1.82) is 0 Å². The lowest BCUT2D eigenvalue weighted by molar-refractivity contribution is -0.132. The van der Waals surface area contributed by atoms with Crippen molar-refractivity contribution in [3.05, 3.63) is 59.4 Å². The molecule has 158 valence electrons. The molecule has 2 aliphatic heterocycles. The van der Waals surface area contributed by atoms with Crippen LogP contribution in [0, 0.1) is 5.82 Å². The topological polar surface area (TPSA) is 86.2 Å². The van der Waals surface area contributed by atoms with Gasteiger partial charge in [-0.15, -0.1) is 6.58 Å². The molecule has 2 N–H and O–H groups in total. The summed E-state index contributed by atoms with van der Waals surface area (Å²) in [7, 11) is 1.39. The minimum absolute atomic E-state index is 0.0306. The first kappa shape index (κ1) is 20.2. The number of nitrogens with one attached hydrogen (secondary N) is 1. The monoisotopic (exact) mass is 415 g/mol. The minimum Gasteiger partial charge on any atom is -0.490 e. The van der Waals surface area contributed by atoms with E-state index in [1.807, 2.05) is 6.92 Å². The van der Waals surface area contributed by atoms with Gasteiger partial charge in [0.2, 0.25) is 12.4 Å². The molecule has 7 nitrogen and oxygen atoms in total. The maximum absolute atomic E-state index is 13.7. The van der Waals surface area contributed by atoms with Gasteiger partial charge in [0.15, 0.2) is 11.5 Å². The maximum atomic E-state index is 13.7. The molecule has 2 heterocycles. The molecule has 2 aromatic rings. The fraction of sp³-hybridized carbons (Fsp3) is 0.318. The lowest BCUT2D eigenvalue weighted by Gasteiger charge is -2.29. The van der Waals surface area contributed by atoms with Crippen LogP contribution >= 0.6 is 0 Å². The van der Waals surface area contributed by atoms with Gasteiger partial charge < -0.3 is 29.4 Å². The molecular formula is C22H22FNO6. The smallest absolute Gasteiger partial charge is 0.266 e. The van der Waals surface area contributed by atoms with Gasteiger partial charge in [-0.3, -0.25) is 4.79 Å². The van der Waals surface area contributed by atoms with Gasteiger partial charge in [0.05, 0.1) is 11.8 Å². The normalized spacial score (nSPS) is 19.9. The van der Waals surface area contributed by atoms with E-state index in [-0.39, 0.29) is 19.1 Å². The number of halogens is 1. The molecule has 0 saturated heterocycles. The molecule has 0 aliphatic carbocycles. The number of benzene rings is 2. The largest absolute Gasteiger partial charge is 0.490 e. The van der Waals surface area contributed by atoms with Crippen LogP contribution in [0.5, 0.6) is 17.2 Å². The van der Waals surface area contributed by atoms with Gasteiger partial charge in [-0.05, 0) is 31.5 Å². The molecule has 2 aromatic carbocycles. The summed E-state index contributed by atoms with van der Waals surface area (Å²) < 4.78 is 36.3. The number of amides is 1. The van der Waals surface area contributed by atoms with Crippen LogP contribution < -0.4 is 19.5 Å². The van der Waals surface area contributed by atoms with Crippen LogP contribution in [0.3, 0.4) is 0 Å². The van der Waals surface area contributed by atoms with E-state index in [0.29, 0.717) is 34.7 Å². The van der Waals surface area contributed by atoms with E-state index >= 15 is 0 Å². The molecule has 0 bridgehead atoms. The van der Waals surface area contributed by atoms with Gasteiger partial charge in [-0.1, -0.05) is 11.6 Å². The molecule has 0 saturated carbocycles. The Morgan fingerprint density at radius 2 is 2.03 bits per heavy atom. The van der Waals surface area contributed by atoms with E-state index in [1.165, 1.54) is 25.3 Å². The summed E-state index contributed by atoms with van der Waals surface area (Å²) >= 11 is 0. The van der Waals surface area contributed by atoms with E-state index in [0.717, 1.165) is 5.57 Å². The van der Waals surface area contributed by atoms with Crippen molar-refractivity contribution in [2.45, 2.75) is 25.0 Å². The third-order valence-corrected chi connectivity index (χ3v) is 5.10. The first-order valence-corrected chi connectivity index (χ1v) is 9.41. The predicted molar refractivity (Wildman–Crippen MR) is 106 cm³/mol. The standard InChI is InChI=1S/C22H22FNO6/c1-12(2)6-14(25)10-28-18-9-20-19(29-11-30-20)8-16(18)22(27-3)15-5-4-13(23)7-17(15)24-21(22)26/h4-5,7-9,14,25H,1,6,10-11H2,2-3H3,(H,24,26)/t14-,22?/m1/s1. The quantitative estimate of drug-likeness (QED) is 0.676. The number of rotatable bonds is 7. The average molecular weight is 415 g/mol. The number of methoxy groups -OCH3 is 1. The van der Waals surface area contributed by atoms with Crippen LogP contribution in [0.2, 0.25) is 0 Å². The molecule has 1 amide bonds. The Hall–Kier alpha value is -3.10. The summed E-state index contributed by atoms with van der Waals surface area (Å²) in [5.41, 5.74) is 0.352. The summed E-state index contributed by atoms with van der Waals surface area (Å²) in [5.74, 6) is 0.198. The van der Waals surface area contributed by atoms with Crippen LogP contribution in [0.25, 0.3) is 0 Å². The number of carbonyl (C=O) groups excluding carboxylic acids is 1. The fourth-order valence-electron chi connectivity index (χ4n) is 3.80. The Labute approximate surface area is 173 Å². The highest BCUT2D eigenvalue weighted by Crippen LogP contribution is 2.50. The van der Waals surface area contributed by atoms with Crippen molar-refractivity contribution in [3.8, 4) is 17.2 Å². The van der Waals surface area contributed by atoms with Crippen molar-refractivity contribution >= 4 is 11.6 Å². The highest BCUT2D eigenvalue weighted by Gasteiger charge is 2.51. The van der Waals surface area contributed by atoms with Crippen LogP contribution in [0.4, 0.5) is 10.1 Å². The van der Waals surface area contributed by atoms with Gasteiger partial charge in [0, 0.05) is 24.3 Å². The van der Waals surface area contributed by atoms with Gasteiger partial charge >= 0.3 is 0 Å². The third-order valence-electron chi connectivity index (χ3n) is 5.10. The summed E-state index contributed by atoms with van der Waals surface area (Å²) in [6.07, 6.45) is -0.407. The van der Waals surface area contributed by atoms with Crippen LogP contribution in [-0.4, -0.2) is 37.6 Å². The summed E-state index contributed by atoms with van der Waals surface area (Å²) in [5, 5.41) is 12.9. The number of ether oxygens (including phenoxy) is 4. The second kappa shape index (κ2) is 7.62. The molecule has 0 spiro atoms. The fourth-order valence-corrected chi connectivity index (χ4v) is 3.80. The summed E-state index contributed by atoms with van der Waals surface area (Å²) in [4.78, 5) is 13.1. The number of aliphatic hydroxyl groups is 1. The number of carbonyl (C=O) groups is 1. The van der Waals surface area contributed by atoms with Gasteiger partial charge in [0.1, 0.15) is 18.2 Å². The minimum atomic E-state index is -1.58. The molecule has 0 fully saturated rings. The summed E-state index contributed by atoms with van der Waals surface area (Å²) in [6, 6.07) is 7.20. The number of anilines is 1. The third kappa shape index (κ3) is 3.28. The van der Waals surface area contributed by atoms with Crippen molar-refractivity contribution in [3.63, 3.8) is 0 Å². The van der Waals surface area contributed by atoms with Gasteiger partial charge in [0.25, 0.3) is 5.91 Å². The lowest BCUT2D eigenvalue weighted by atomic mass is 9.86. The second-order valence-corrected chi connectivity index (χ2v) is 7.36. The molecular weight excluding hydrogens is 393 g/mol.